The van der Waals surface area contributed by atoms with E-state index in [4.69, 9.17) is 0 Å². The van der Waals surface area contributed by atoms with E-state index < -0.39 is 0 Å². The molecule has 0 amide bonds. The van der Waals surface area contributed by atoms with Crippen LogP contribution in [0.3, 0.4) is 0 Å². The number of aromatic nitrogens is 1. The lowest BCUT2D eigenvalue weighted by atomic mass is 10.0. The first-order chi connectivity index (χ1) is 25.3. The Labute approximate surface area is 300 Å². The van der Waals surface area contributed by atoms with Gasteiger partial charge in [0.25, 0.3) is 0 Å². The molecule has 3 heteroatoms. The van der Waals surface area contributed by atoms with E-state index in [1.54, 1.807) is 0 Å². The van der Waals surface area contributed by atoms with Crippen LogP contribution in [0.25, 0.3) is 69.9 Å². The number of benzene rings is 8. The standard InChI is InChI=1S/C48H32N2S/c1-3-13-33(14-4-1)35-25-29-41-40-18-8-11-21-45(40)50(46(41)31-35)44-20-10-7-17-39(44)34-23-26-37(27-24-34)49(36-15-5-2-6-16-36)38-28-30-48-43(32-38)42-19-9-12-22-47(42)51-48/h1-32H. The second-order valence-electron chi connectivity index (χ2n) is 13.0. The first-order valence-electron chi connectivity index (χ1n) is 17.4. The summed E-state index contributed by atoms with van der Waals surface area (Å²) >= 11 is 1.85. The predicted molar refractivity (Wildman–Crippen MR) is 219 cm³/mol. The molecule has 0 unspecified atom stereocenters. The van der Waals surface area contributed by atoms with Gasteiger partial charge in [-0.05, 0) is 83.4 Å². The van der Waals surface area contributed by atoms with E-state index >= 15 is 0 Å². The molecule has 0 aliphatic rings. The average molecular weight is 669 g/mol. The molecule has 0 saturated carbocycles. The highest BCUT2D eigenvalue weighted by molar-refractivity contribution is 7.25. The molecule has 2 nitrogen and oxygen atoms in total. The molecule has 0 aliphatic carbocycles. The van der Waals surface area contributed by atoms with Gasteiger partial charge in [0, 0.05) is 53.6 Å². The van der Waals surface area contributed by atoms with Crippen LogP contribution in [0.2, 0.25) is 0 Å². The quantitative estimate of drug-likeness (QED) is 0.171. The number of anilines is 3. The number of fused-ring (bicyclic) bond motifs is 6. The van der Waals surface area contributed by atoms with Crippen molar-refractivity contribution >= 4 is 70.4 Å². The Morgan fingerprint density at radius 1 is 0.353 bits per heavy atom. The predicted octanol–water partition coefficient (Wildman–Crippen LogP) is 14.0. The van der Waals surface area contributed by atoms with Crippen LogP contribution in [-0.4, -0.2) is 4.57 Å². The van der Waals surface area contributed by atoms with Gasteiger partial charge in [0.1, 0.15) is 0 Å². The van der Waals surface area contributed by atoms with Crippen LogP contribution in [0.5, 0.6) is 0 Å². The Hall–Kier alpha value is -6.42. The van der Waals surface area contributed by atoms with E-state index in [2.05, 4.69) is 204 Å². The zero-order valence-corrected chi connectivity index (χ0v) is 28.6. The van der Waals surface area contributed by atoms with Crippen LogP contribution in [0, 0.1) is 0 Å². The van der Waals surface area contributed by atoms with Crippen LogP contribution in [-0.2, 0) is 0 Å². The van der Waals surface area contributed by atoms with Crippen molar-refractivity contribution in [2.45, 2.75) is 0 Å². The van der Waals surface area contributed by atoms with Crippen molar-refractivity contribution in [3.8, 4) is 27.9 Å². The molecule has 0 spiro atoms. The summed E-state index contributed by atoms with van der Waals surface area (Å²) < 4.78 is 5.07. The van der Waals surface area contributed by atoms with Gasteiger partial charge >= 0.3 is 0 Å². The smallest absolute Gasteiger partial charge is 0.0547 e. The van der Waals surface area contributed by atoms with E-state index in [0.717, 1.165) is 22.7 Å². The highest BCUT2D eigenvalue weighted by Crippen LogP contribution is 2.42. The van der Waals surface area contributed by atoms with Gasteiger partial charge in [0.05, 0.1) is 16.7 Å². The maximum absolute atomic E-state index is 2.44. The summed E-state index contributed by atoms with van der Waals surface area (Å²) in [6.07, 6.45) is 0. The lowest BCUT2D eigenvalue weighted by Gasteiger charge is -2.26. The summed E-state index contributed by atoms with van der Waals surface area (Å²) in [6.45, 7) is 0. The van der Waals surface area contributed by atoms with Gasteiger partial charge < -0.3 is 9.47 Å². The second kappa shape index (κ2) is 12.2. The number of nitrogens with zero attached hydrogens (tertiary/aromatic N) is 2. The first kappa shape index (κ1) is 29.5. The third-order valence-corrected chi connectivity index (χ3v) is 11.1. The maximum Gasteiger partial charge on any atom is 0.0547 e. The average Bonchev–Trinajstić information content (AvgIpc) is 3.74. The molecule has 2 aromatic heterocycles. The fourth-order valence-corrected chi connectivity index (χ4v) is 8.71. The Morgan fingerprint density at radius 2 is 0.961 bits per heavy atom. The molecule has 0 radical (unpaired) electrons. The van der Waals surface area contributed by atoms with Crippen molar-refractivity contribution in [1.29, 1.82) is 0 Å². The van der Waals surface area contributed by atoms with Gasteiger partial charge in [-0.2, -0.15) is 0 Å². The topological polar surface area (TPSA) is 8.17 Å². The Morgan fingerprint density at radius 3 is 1.80 bits per heavy atom. The molecule has 0 saturated heterocycles. The molecule has 2 heterocycles. The van der Waals surface area contributed by atoms with Crippen molar-refractivity contribution in [2.75, 3.05) is 4.90 Å². The normalized spacial score (nSPS) is 11.5. The Balaban J connectivity index is 1.11. The second-order valence-corrected chi connectivity index (χ2v) is 14.0. The maximum atomic E-state index is 2.44. The third kappa shape index (κ3) is 5.01. The molecule has 0 bridgehead atoms. The van der Waals surface area contributed by atoms with Crippen molar-refractivity contribution in [3.05, 3.63) is 194 Å². The van der Waals surface area contributed by atoms with Crippen molar-refractivity contribution in [3.63, 3.8) is 0 Å². The highest BCUT2D eigenvalue weighted by atomic mass is 32.1. The van der Waals surface area contributed by atoms with E-state index in [1.165, 1.54) is 64.2 Å². The molecule has 240 valence electrons. The molecule has 0 aliphatic heterocycles. The Bertz CT molecular complexity index is 2850. The molecule has 8 aromatic carbocycles. The van der Waals surface area contributed by atoms with Crippen LogP contribution in [0.15, 0.2) is 194 Å². The number of thiophene rings is 1. The van der Waals surface area contributed by atoms with Crippen LogP contribution in [0.1, 0.15) is 0 Å². The molecule has 0 fully saturated rings. The largest absolute Gasteiger partial charge is 0.310 e. The van der Waals surface area contributed by atoms with Gasteiger partial charge in [0.2, 0.25) is 0 Å². The van der Waals surface area contributed by atoms with Gasteiger partial charge in [-0.1, -0.05) is 127 Å². The zero-order valence-electron chi connectivity index (χ0n) is 27.8. The fraction of sp³-hybridized carbons (Fsp3) is 0. The molecular weight excluding hydrogens is 637 g/mol. The minimum absolute atomic E-state index is 1.12. The van der Waals surface area contributed by atoms with Gasteiger partial charge in [0.15, 0.2) is 0 Å². The molecule has 10 rings (SSSR count). The Kier molecular flexibility index (Phi) is 7.04. The summed E-state index contributed by atoms with van der Waals surface area (Å²) in [5, 5.41) is 5.11. The number of hydrogen-bond donors (Lipinski definition) is 0. The molecule has 0 atom stereocenters. The van der Waals surface area contributed by atoms with Crippen LogP contribution in [0.4, 0.5) is 17.1 Å². The molecular formula is C48H32N2S. The van der Waals surface area contributed by atoms with Crippen molar-refractivity contribution in [1.82, 2.24) is 4.57 Å². The third-order valence-electron chi connectivity index (χ3n) is 10.00. The number of para-hydroxylation sites is 3. The van der Waals surface area contributed by atoms with Gasteiger partial charge in [-0.15, -0.1) is 11.3 Å². The first-order valence-corrected chi connectivity index (χ1v) is 18.2. The fourth-order valence-electron chi connectivity index (χ4n) is 7.62. The highest BCUT2D eigenvalue weighted by Gasteiger charge is 2.18. The SMILES string of the molecule is c1ccc(-c2ccc3c4ccccc4n(-c4ccccc4-c4ccc(N(c5ccccc5)c5ccc6sc7ccccc7c6c5)cc4)c3c2)cc1. The summed E-state index contributed by atoms with van der Waals surface area (Å²) in [5.74, 6) is 0. The number of hydrogen-bond acceptors (Lipinski definition) is 2. The summed E-state index contributed by atoms with van der Waals surface area (Å²) in [6, 6.07) is 70.4. The zero-order chi connectivity index (χ0) is 33.7. The lowest BCUT2D eigenvalue weighted by molar-refractivity contribution is 1.18. The molecule has 0 N–H and O–H groups in total. The van der Waals surface area contributed by atoms with Crippen LogP contribution >= 0.6 is 11.3 Å². The van der Waals surface area contributed by atoms with E-state index in [1.807, 2.05) is 11.3 Å². The summed E-state index contributed by atoms with van der Waals surface area (Å²) in [7, 11) is 0. The van der Waals surface area contributed by atoms with Crippen LogP contribution < -0.4 is 4.90 Å². The van der Waals surface area contributed by atoms with Crippen molar-refractivity contribution < 1.29 is 0 Å². The van der Waals surface area contributed by atoms with Gasteiger partial charge in [-0.3, -0.25) is 0 Å². The number of rotatable bonds is 6. The minimum atomic E-state index is 1.12. The van der Waals surface area contributed by atoms with Gasteiger partial charge in [-0.25, -0.2) is 0 Å². The lowest BCUT2D eigenvalue weighted by Crippen LogP contribution is -2.09. The molecule has 10 aromatic rings. The summed E-state index contributed by atoms with van der Waals surface area (Å²) in [5.41, 5.74) is 11.7. The molecule has 51 heavy (non-hydrogen) atoms. The van der Waals surface area contributed by atoms with E-state index in [0.29, 0.717) is 0 Å². The summed E-state index contributed by atoms with van der Waals surface area (Å²) in [4.78, 5) is 2.36. The monoisotopic (exact) mass is 668 g/mol. The minimum Gasteiger partial charge on any atom is -0.310 e. The van der Waals surface area contributed by atoms with Crippen molar-refractivity contribution in [2.24, 2.45) is 0 Å². The van der Waals surface area contributed by atoms with E-state index in [-0.39, 0.29) is 0 Å². The van der Waals surface area contributed by atoms with E-state index in [9.17, 15) is 0 Å².